The number of rotatable bonds is 5. The van der Waals surface area contributed by atoms with Crippen molar-refractivity contribution >= 4 is 0 Å². The van der Waals surface area contributed by atoms with Gasteiger partial charge in [-0.1, -0.05) is 0 Å². The molecule has 1 aliphatic heterocycles. The Balaban J connectivity index is 1.50. The molecule has 5 nitrogen and oxygen atoms in total. The molecule has 2 heterocycles. The molecule has 1 atom stereocenters. The van der Waals surface area contributed by atoms with Gasteiger partial charge in [-0.25, -0.2) is 9.97 Å². The summed E-state index contributed by atoms with van der Waals surface area (Å²) < 4.78 is 0. The third-order valence-corrected chi connectivity index (χ3v) is 4.39. The van der Waals surface area contributed by atoms with Gasteiger partial charge in [-0.2, -0.15) is 0 Å². The molecule has 1 aromatic heterocycles. The Morgan fingerprint density at radius 2 is 2.25 bits per heavy atom. The molecule has 0 saturated carbocycles. The summed E-state index contributed by atoms with van der Waals surface area (Å²) in [6, 6.07) is 0. The maximum atomic E-state index is 10.2. The van der Waals surface area contributed by atoms with Crippen LogP contribution >= 0.6 is 0 Å². The lowest BCUT2D eigenvalue weighted by Crippen LogP contribution is -2.42. The van der Waals surface area contributed by atoms with Gasteiger partial charge in [-0.3, -0.25) is 0 Å². The summed E-state index contributed by atoms with van der Waals surface area (Å²) in [6.07, 6.45) is 5.11. The van der Waals surface area contributed by atoms with E-state index in [1.807, 2.05) is 0 Å². The summed E-state index contributed by atoms with van der Waals surface area (Å²) in [5.74, 6) is 0.937. The van der Waals surface area contributed by atoms with Gasteiger partial charge < -0.3 is 15.7 Å². The lowest BCUT2D eigenvalue weighted by atomic mass is 10.0. The topological polar surface area (TPSA) is 70.1 Å². The third-order valence-electron chi connectivity index (χ3n) is 4.39. The Kier molecular flexibility index (Phi) is 4.01. The van der Waals surface area contributed by atoms with Crippen molar-refractivity contribution in [2.45, 2.75) is 44.6 Å². The molecule has 3 N–H and O–H groups in total. The summed E-state index contributed by atoms with van der Waals surface area (Å²) in [7, 11) is 0. The summed E-state index contributed by atoms with van der Waals surface area (Å²) in [6.45, 7) is 5.15. The molecule has 1 fully saturated rings. The highest BCUT2D eigenvalue weighted by Crippen LogP contribution is 2.22. The zero-order valence-electron chi connectivity index (χ0n) is 12.2. The van der Waals surface area contributed by atoms with Gasteiger partial charge in [-0.15, -0.1) is 0 Å². The second-order valence-electron chi connectivity index (χ2n) is 6.08. The maximum absolute atomic E-state index is 10.2. The number of aryl methyl sites for hydroxylation is 2. The number of nitrogens with one attached hydrogen (secondary N) is 2. The number of aliphatic hydroxyl groups is 1. The van der Waals surface area contributed by atoms with E-state index in [-0.39, 0.29) is 0 Å². The van der Waals surface area contributed by atoms with E-state index in [9.17, 15) is 5.11 Å². The van der Waals surface area contributed by atoms with Gasteiger partial charge in [-0.05, 0) is 44.7 Å². The van der Waals surface area contributed by atoms with E-state index in [4.69, 9.17) is 0 Å². The molecule has 1 aliphatic carbocycles. The van der Waals surface area contributed by atoms with E-state index in [1.165, 1.54) is 17.7 Å². The molecule has 20 heavy (non-hydrogen) atoms. The molecule has 0 amide bonds. The van der Waals surface area contributed by atoms with E-state index in [0.717, 1.165) is 50.3 Å². The van der Waals surface area contributed by atoms with E-state index in [2.05, 4.69) is 27.5 Å². The maximum Gasteiger partial charge on any atom is 0.130 e. The first-order chi connectivity index (χ1) is 9.66. The first-order valence-electron chi connectivity index (χ1n) is 7.65. The molecule has 0 bridgehead atoms. The molecule has 2 aliphatic rings. The van der Waals surface area contributed by atoms with E-state index < -0.39 is 5.60 Å². The fraction of sp³-hybridized carbons (Fsp3) is 0.733. The van der Waals surface area contributed by atoms with Crippen LogP contribution in [0.3, 0.4) is 0 Å². The molecule has 0 spiro atoms. The average Bonchev–Trinajstić information content (AvgIpc) is 3.04. The highest BCUT2D eigenvalue weighted by atomic mass is 16.3. The minimum absolute atomic E-state index is 0.575. The average molecular weight is 276 g/mol. The number of aromatic nitrogens is 2. The van der Waals surface area contributed by atoms with Crippen molar-refractivity contribution in [3.63, 3.8) is 0 Å². The number of hydrogen-bond acceptors (Lipinski definition) is 5. The second kappa shape index (κ2) is 5.76. The predicted molar refractivity (Wildman–Crippen MR) is 77.8 cm³/mol. The molecule has 1 aromatic rings. The van der Waals surface area contributed by atoms with E-state index in [1.54, 1.807) is 0 Å². The first-order valence-corrected chi connectivity index (χ1v) is 7.65. The van der Waals surface area contributed by atoms with Crippen LogP contribution in [0.15, 0.2) is 0 Å². The lowest BCUT2D eigenvalue weighted by molar-refractivity contribution is 0.0614. The highest BCUT2D eigenvalue weighted by Gasteiger charge is 2.30. The van der Waals surface area contributed by atoms with Gasteiger partial charge in [0.15, 0.2) is 0 Å². The third kappa shape index (κ3) is 3.00. The summed E-state index contributed by atoms with van der Waals surface area (Å²) in [5.41, 5.74) is 3.20. The molecular formula is C15H24N4O. The highest BCUT2D eigenvalue weighted by molar-refractivity contribution is 5.29. The van der Waals surface area contributed by atoms with Crippen LogP contribution in [0.4, 0.5) is 0 Å². The molecule has 5 heteroatoms. The van der Waals surface area contributed by atoms with Gasteiger partial charge in [0.25, 0.3) is 0 Å². The predicted octanol–water partition coefficient (Wildman–Crippen LogP) is 0.130. The summed E-state index contributed by atoms with van der Waals surface area (Å²) in [5, 5.41) is 16.7. The Morgan fingerprint density at radius 3 is 3.05 bits per heavy atom. The quantitative estimate of drug-likeness (QED) is 0.667. The Morgan fingerprint density at radius 1 is 1.35 bits per heavy atom. The van der Waals surface area contributed by atoms with Gasteiger partial charge >= 0.3 is 0 Å². The van der Waals surface area contributed by atoms with Gasteiger partial charge in [0.05, 0.1) is 5.60 Å². The van der Waals surface area contributed by atoms with Crippen molar-refractivity contribution in [3.8, 4) is 0 Å². The molecular weight excluding hydrogens is 252 g/mol. The summed E-state index contributed by atoms with van der Waals surface area (Å²) in [4.78, 5) is 9.28. The van der Waals surface area contributed by atoms with Crippen molar-refractivity contribution in [3.05, 3.63) is 22.8 Å². The molecule has 110 valence electrons. The van der Waals surface area contributed by atoms with Crippen LogP contribution < -0.4 is 10.6 Å². The molecule has 3 rings (SSSR count). The van der Waals surface area contributed by atoms with Crippen molar-refractivity contribution in [1.82, 2.24) is 20.6 Å². The zero-order chi connectivity index (χ0) is 14.0. The zero-order valence-corrected chi connectivity index (χ0v) is 12.2. The van der Waals surface area contributed by atoms with Crippen molar-refractivity contribution in [2.75, 3.05) is 26.2 Å². The van der Waals surface area contributed by atoms with Gasteiger partial charge in [0.2, 0.25) is 0 Å². The van der Waals surface area contributed by atoms with Crippen LogP contribution in [0.2, 0.25) is 0 Å². The second-order valence-corrected chi connectivity index (χ2v) is 6.08. The first kappa shape index (κ1) is 13.9. The number of hydrogen-bond donors (Lipinski definition) is 3. The van der Waals surface area contributed by atoms with Crippen molar-refractivity contribution in [1.29, 1.82) is 0 Å². The monoisotopic (exact) mass is 276 g/mol. The SMILES string of the molecule is Cc1nc(CCNCC2(O)CCNC2)nc2c1CCC2. The molecule has 1 unspecified atom stereocenters. The number of nitrogens with zero attached hydrogens (tertiary/aromatic N) is 2. The minimum atomic E-state index is -0.575. The van der Waals surface area contributed by atoms with Crippen molar-refractivity contribution in [2.24, 2.45) is 0 Å². The number of β-amino-alcohol motifs (C(OH)–C–C–N with tert-alkyl or cyclic N) is 1. The Bertz CT molecular complexity index is 483. The van der Waals surface area contributed by atoms with E-state index in [0.29, 0.717) is 13.1 Å². The standard InChI is InChI=1S/C15H24N4O/c1-11-12-3-2-4-13(12)19-14(18-11)5-7-16-9-15(20)6-8-17-10-15/h16-17,20H,2-10H2,1H3. The normalized spacial score (nSPS) is 25.1. The fourth-order valence-corrected chi connectivity index (χ4v) is 3.20. The minimum Gasteiger partial charge on any atom is -0.387 e. The van der Waals surface area contributed by atoms with Crippen LogP contribution in [0.25, 0.3) is 0 Å². The molecule has 0 radical (unpaired) electrons. The van der Waals surface area contributed by atoms with Crippen LogP contribution in [0.5, 0.6) is 0 Å². The fourth-order valence-electron chi connectivity index (χ4n) is 3.20. The van der Waals surface area contributed by atoms with E-state index >= 15 is 0 Å². The van der Waals surface area contributed by atoms with Gasteiger partial charge in [0.1, 0.15) is 5.82 Å². The summed E-state index contributed by atoms with van der Waals surface area (Å²) >= 11 is 0. The Hall–Kier alpha value is -1.04. The Labute approximate surface area is 120 Å². The lowest BCUT2D eigenvalue weighted by Gasteiger charge is -2.21. The van der Waals surface area contributed by atoms with Crippen LogP contribution in [0, 0.1) is 6.92 Å². The van der Waals surface area contributed by atoms with Gasteiger partial charge in [0, 0.05) is 37.4 Å². The van der Waals surface area contributed by atoms with Crippen LogP contribution in [-0.4, -0.2) is 46.9 Å². The van der Waals surface area contributed by atoms with Crippen LogP contribution in [0.1, 0.15) is 35.6 Å². The smallest absolute Gasteiger partial charge is 0.130 e. The molecule has 0 aromatic carbocycles. The molecule has 1 saturated heterocycles. The number of fused-ring (bicyclic) bond motifs is 1. The van der Waals surface area contributed by atoms with Crippen LogP contribution in [-0.2, 0) is 19.3 Å². The van der Waals surface area contributed by atoms with Crippen molar-refractivity contribution < 1.29 is 5.11 Å². The largest absolute Gasteiger partial charge is 0.387 e.